The number of rotatable bonds is 27. The Morgan fingerprint density at radius 2 is 0.636 bits per heavy atom. The normalized spacial score (nSPS) is 13.2. The van der Waals surface area contributed by atoms with Crippen molar-refractivity contribution in [2.24, 2.45) is 0 Å². The molecule has 0 aromatic heterocycles. The SMILES string of the molecule is CCCCCCCCCCC(c1ccc(C(CCCC)c2ccc(C(CCCCCCCCCC)c3ccc(N)cc3C)cc2)cc1)c1ccc(N)cc1C. The van der Waals surface area contributed by atoms with Gasteiger partial charge in [0.05, 0.1) is 0 Å². The summed E-state index contributed by atoms with van der Waals surface area (Å²) in [5.74, 6) is 1.20. The third-order valence-electron chi connectivity index (χ3n) is 12.4. The van der Waals surface area contributed by atoms with Crippen LogP contribution < -0.4 is 11.5 Å². The number of hydrogen-bond acceptors (Lipinski definition) is 2. The summed E-state index contributed by atoms with van der Waals surface area (Å²) in [6, 6.07) is 32.6. The first kappa shape index (κ1) is 44.2. The quantitative estimate of drug-likeness (QED) is 0.0472. The van der Waals surface area contributed by atoms with Crippen molar-refractivity contribution in [3.63, 3.8) is 0 Å². The lowest BCUT2D eigenvalue weighted by Gasteiger charge is -2.24. The molecule has 55 heavy (non-hydrogen) atoms. The molecule has 0 saturated heterocycles. The number of unbranched alkanes of at least 4 members (excludes halogenated alkanes) is 15. The first-order valence-corrected chi connectivity index (χ1v) is 22.8. The number of nitrogens with two attached hydrogens (primary N) is 2. The fourth-order valence-electron chi connectivity index (χ4n) is 9.00. The minimum Gasteiger partial charge on any atom is -0.399 e. The van der Waals surface area contributed by atoms with Crippen LogP contribution in [0.15, 0.2) is 84.9 Å². The molecule has 0 radical (unpaired) electrons. The number of nitrogen functional groups attached to an aromatic ring is 2. The molecule has 0 aliphatic rings. The van der Waals surface area contributed by atoms with E-state index in [1.54, 1.807) is 0 Å². The molecule has 0 amide bonds. The van der Waals surface area contributed by atoms with Crippen LogP contribution in [0.25, 0.3) is 0 Å². The maximum atomic E-state index is 6.22. The summed E-state index contributed by atoms with van der Waals surface area (Å²) >= 11 is 0. The monoisotopic (exact) mass is 743 g/mol. The Hall–Kier alpha value is -3.52. The van der Waals surface area contributed by atoms with E-state index in [0.717, 1.165) is 11.4 Å². The first-order chi connectivity index (χ1) is 26.9. The van der Waals surface area contributed by atoms with Crippen LogP contribution in [0.5, 0.6) is 0 Å². The standard InChI is InChI=1S/C53H78N2/c1-6-9-12-14-16-18-20-22-25-52(49-37-35-47(54)39-41(49)4)45-31-27-43(28-32-45)51(24-11-8-3)44-29-33-46(34-30-44)53(50-38-36-48(55)40-42(50)5)26-23-21-19-17-15-13-10-7-2/h27-40,51-53H,6-26,54-55H2,1-5H3. The van der Waals surface area contributed by atoms with E-state index in [4.69, 9.17) is 11.5 Å². The third kappa shape index (κ3) is 14.5. The molecule has 2 unspecified atom stereocenters. The van der Waals surface area contributed by atoms with Gasteiger partial charge in [-0.1, -0.05) is 197 Å². The number of benzene rings is 4. The molecule has 0 aliphatic carbocycles. The lowest BCUT2D eigenvalue weighted by atomic mass is 9.81. The second kappa shape index (κ2) is 24.9. The number of anilines is 2. The van der Waals surface area contributed by atoms with Gasteiger partial charge in [0.2, 0.25) is 0 Å². The number of aryl methyl sites for hydroxylation is 2. The molecule has 2 nitrogen and oxygen atoms in total. The molecule has 0 heterocycles. The van der Waals surface area contributed by atoms with Crippen LogP contribution in [0.4, 0.5) is 11.4 Å². The van der Waals surface area contributed by atoms with Crippen LogP contribution >= 0.6 is 0 Å². The van der Waals surface area contributed by atoms with Crippen LogP contribution in [0, 0.1) is 13.8 Å². The van der Waals surface area contributed by atoms with Crippen molar-refractivity contribution in [3.05, 3.63) is 129 Å². The summed E-state index contributed by atoms with van der Waals surface area (Å²) in [5.41, 5.74) is 25.4. The van der Waals surface area contributed by atoms with Crippen LogP contribution in [0.3, 0.4) is 0 Å². The Bertz CT molecular complexity index is 1500. The molecule has 0 bridgehead atoms. The van der Waals surface area contributed by atoms with Crippen molar-refractivity contribution in [3.8, 4) is 0 Å². The minimum absolute atomic E-state index is 0.400. The molecule has 4 aromatic carbocycles. The summed E-state index contributed by atoms with van der Waals surface area (Å²) in [4.78, 5) is 0. The van der Waals surface area contributed by atoms with E-state index in [1.165, 1.54) is 179 Å². The second-order valence-electron chi connectivity index (χ2n) is 16.9. The van der Waals surface area contributed by atoms with Gasteiger partial charge in [0, 0.05) is 29.1 Å². The minimum atomic E-state index is 0.400. The Morgan fingerprint density at radius 3 is 0.964 bits per heavy atom. The van der Waals surface area contributed by atoms with Gasteiger partial charge < -0.3 is 11.5 Å². The molecule has 4 rings (SSSR count). The molecule has 300 valence electrons. The van der Waals surface area contributed by atoms with E-state index in [1.807, 2.05) is 0 Å². The number of hydrogen-bond donors (Lipinski definition) is 2. The lowest BCUT2D eigenvalue weighted by Crippen LogP contribution is -2.07. The summed E-state index contributed by atoms with van der Waals surface area (Å²) in [6.07, 6.45) is 27.6. The maximum Gasteiger partial charge on any atom is 0.0316 e. The molecule has 4 N–H and O–H groups in total. The zero-order valence-electron chi connectivity index (χ0n) is 35.8. The predicted molar refractivity (Wildman–Crippen MR) is 244 cm³/mol. The van der Waals surface area contributed by atoms with E-state index in [2.05, 4.69) is 120 Å². The largest absolute Gasteiger partial charge is 0.399 e. The van der Waals surface area contributed by atoms with Crippen molar-refractivity contribution in [1.29, 1.82) is 0 Å². The van der Waals surface area contributed by atoms with Gasteiger partial charge in [-0.05, 0) is 102 Å². The highest BCUT2D eigenvalue weighted by Gasteiger charge is 2.21. The fraction of sp³-hybridized carbons (Fsp3) is 0.547. The molecule has 0 saturated carbocycles. The maximum absolute atomic E-state index is 6.22. The summed E-state index contributed by atoms with van der Waals surface area (Å²) in [6.45, 7) is 11.4. The van der Waals surface area contributed by atoms with Gasteiger partial charge in [-0.3, -0.25) is 0 Å². The highest BCUT2D eigenvalue weighted by Crippen LogP contribution is 2.38. The van der Waals surface area contributed by atoms with Crippen molar-refractivity contribution in [2.45, 2.75) is 187 Å². The molecule has 0 fully saturated rings. The van der Waals surface area contributed by atoms with Crippen LogP contribution in [0.2, 0.25) is 0 Å². The molecular formula is C53H78N2. The van der Waals surface area contributed by atoms with Crippen molar-refractivity contribution in [1.82, 2.24) is 0 Å². The van der Waals surface area contributed by atoms with Gasteiger partial charge in [-0.2, -0.15) is 0 Å². The van der Waals surface area contributed by atoms with E-state index in [-0.39, 0.29) is 0 Å². The molecule has 2 heteroatoms. The highest BCUT2D eigenvalue weighted by molar-refractivity contribution is 5.50. The highest BCUT2D eigenvalue weighted by atomic mass is 14.5. The lowest BCUT2D eigenvalue weighted by molar-refractivity contribution is 0.550. The van der Waals surface area contributed by atoms with Crippen LogP contribution in [-0.2, 0) is 0 Å². The third-order valence-corrected chi connectivity index (χ3v) is 12.4. The van der Waals surface area contributed by atoms with Crippen LogP contribution in [-0.4, -0.2) is 0 Å². The van der Waals surface area contributed by atoms with Crippen molar-refractivity contribution in [2.75, 3.05) is 11.5 Å². The van der Waals surface area contributed by atoms with Crippen molar-refractivity contribution >= 4 is 11.4 Å². The van der Waals surface area contributed by atoms with E-state index < -0.39 is 0 Å². The smallest absolute Gasteiger partial charge is 0.0316 e. The summed E-state index contributed by atoms with van der Waals surface area (Å²) < 4.78 is 0. The van der Waals surface area contributed by atoms with Gasteiger partial charge in [0.15, 0.2) is 0 Å². The molecule has 4 aromatic rings. The molecular weight excluding hydrogens is 665 g/mol. The first-order valence-electron chi connectivity index (χ1n) is 22.8. The van der Waals surface area contributed by atoms with Crippen LogP contribution in [0.1, 0.15) is 218 Å². The van der Waals surface area contributed by atoms with Gasteiger partial charge >= 0.3 is 0 Å². The Balaban J connectivity index is 1.51. The summed E-state index contributed by atoms with van der Waals surface area (Å²) in [5, 5.41) is 0. The van der Waals surface area contributed by atoms with Gasteiger partial charge in [0.1, 0.15) is 0 Å². The van der Waals surface area contributed by atoms with Gasteiger partial charge in [-0.15, -0.1) is 0 Å². The van der Waals surface area contributed by atoms with E-state index in [0.29, 0.717) is 17.8 Å². The average Bonchev–Trinajstić information content (AvgIpc) is 3.18. The topological polar surface area (TPSA) is 52.0 Å². The second-order valence-corrected chi connectivity index (χ2v) is 16.9. The van der Waals surface area contributed by atoms with Crippen molar-refractivity contribution < 1.29 is 0 Å². The van der Waals surface area contributed by atoms with E-state index >= 15 is 0 Å². The molecule has 0 aliphatic heterocycles. The Morgan fingerprint density at radius 1 is 0.345 bits per heavy atom. The molecule has 2 atom stereocenters. The van der Waals surface area contributed by atoms with Gasteiger partial charge in [0.25, 0.3) is 0 Å². The Labute approximate surface area is 338 Å². The zero-order valence-corrected chi connectivity index (χ0v) is 35.8. The zero-order chi connectivity index (χ0) is 39.3. The van der Waals surface area contributed by atoms with Gasteiger partial charge in [-0.25, -0.2) is 0 Å². The van der Waals surface area contributed by atoms with E-state index in [9.17, 15) is 0 Å². The Kier molecular flexibility index (Phi) is 20.0. The molecule has 0 spiro atoms. The fourth-order valence-corrected chi connectivity index (χ4v) is 9.00. The predicted octanol–water partition coefficient (Wildman–Crippen LogP) is 16.1. The summed E-state index contributed by atoms with van der Waals surface area (Å²) in [7, 11) is 0. The average molecular weight is 743 g/mol.